The lowest BCUT2D eigenvalue weighted by molar-refractivity contribution is -0.122. The van der Waals surface area contributed by atoms with E-state index in [1.807, 2.05) is 18.2 Å². The van der Waals surface area contributed by atoms with Gasteiger partial charge in [-0.1, -0.05) is 48.1 Å². The molecular weight excluding hydrogens is 480 g/mol. The monoisotopic (exact) mass is 504 g/mol. The molecule has 2 aromatic rings. The van der Waals surface area contributed by atoms with E-state index in [0.29, 0.717) is 38.7 Å². The number of anilines is 1. The standard InChI is InChI=1S/C24H25ClN2O4S2/c1-30-19-12-7-16(14-20(19)31-2)15-21-23(29)27(24(32)33-21)13-5-3-4-6-22(28)26-18-10-8-17(25)9-11-18/h7-12,14-15H,3-6,13H2,1-2H3,(H,26,28). The number of rotatable bonds is 10. The summed E-state index contributed by atoms with van der Waals surface area (Å²) >= 11 is 12.6. The van der Waals surface area contributed by atoms with Crippen LogP contribution >= 0.6 is 35.6 Å². The fourth-order valence-corrected chi connectivity index (χ4v) is 4.71. The van der Waals surface area contributed by atoms with Crippen molar-refractivity contribution >= 4 is 63.5 Å². The molecule has 1 heterocycles. The van der Waals surface area contributed by atoms with Gasteiger partial charge in [0, 0.05) is 23.7 Å². The zero-order valence-electron chi connectivity index (χ0n) is 18.4. The van der Waals surface area contributed by atoms with Gasteiger partial charge in [-0.15, -0.1) is 0 Å². The summed E-state index contributed by atoms with van der Waals surface area (Å²) in [6, 6.07) is 12.5. The molecule has 6 nitrogen and oxygen atoms in total. The van der Waals surface area contributed by atoms with Crippen molar-refractivity contribution in [1.82, 2.24) is 4.90 Å². The number of halogens is 1. The minimum atomic E-state index is -0.0970. The van der Waals surface area contributed by atoms with Crippen LogP contribution < -0.4 is 14.8 Å². The van der Waals surface area contributed by atoms with Gasteiger partial charge in [-0.3, -0.25) is 14.5 Å². The number of hydrogen-bond donors (Lipinski definition) is 1. The number of carbonyl (C=O) groups excluding carboxylic acids is 2. The molecule has 33 heavy (non-hydrogen) atoms. The number of unbranched alkanes of at least 4 members (excludes halogenated alkanes) is 2. The van der Waals surface area contributed by atoms with Gasteiger partial charge in [-0.25, -0.2) is 0 Å². The van der Waals surface area contributed by atoms with E-state index in [0.717, 1.165) is 30.5 Å². The van der Waals surface area contributed by atoms with Gasteiger partial charge in [-0.2, -0.15) is 0 Å². The molecule has 1 aliphatic rings. The third-order valence-electron chi connectivity index (χ3n) is 4.99. The highest BCUT2D eigenvalue weighted by molar-refractivity contribution is 8.26. The molecule has 2 amide bonds. The summed E-state index contributed by atoms with van der Waals surface area (Å²) in [5.74, 6) is 1.09. The van der Waals surface area contributed by atoms with Crippen molar-refractivity contribution in [2.75, 3.05) is 26.1 Å². The van der Waals surface area contributed by atoms with E-state index in [4.69, 9.17) is 33.3 Å². The van der Waals surface area contributed by atoms with Crippen molar-refractivity contribution in [2.24, 2.45) is 0 Å². The minimum absolute atomic E-state index is 0.0409. The molecule has 1 saturated heterocycles. The smallest absolute Gasteiger partial charge is 0.266 e. The maximum Gasteiger partial charge on any atom is 0.266 e. The third-order valence-corrected chi connectivity index (χ3v) is 6.62. The normalized spacial score (nSPS) is 14.6. The number of amides is 2. The van der Waals surface area contributed by atoms with Crippen LogP contribution in [0.2, 0.25) is 5.02 Å². The Morgan fingerprint density at radius 3 is 2.52 bits per heavy atom. The summed E-state index contributed by atoms with van der Waals surface area (Å²) in [5, 5.41) is 3.48. The molecule has 1 fully saturated rings. The number of nitrogens with zero attached hydrogens (tertiary/aromatic N) is 1. The van der Waals surface area contributed by atoms with Crippen LogP contribution in [-0.2, 0) is 9.59 Å². The zero-order chi connectivity index (χ0) is 23.8. The summed E-state index contributed by atoms with van der Waals surface area (Å²) in [7, 11) is 3.15. The van der Waals surface area contributed by atoms with E-state index < -0.39 is 0 Å². The van der Waals surface area contributed by atoms with E-state index in [2.05, 4.69) is 5.32 Å². The van der Waals surface area contributed by atoms with Gasteiger partial charge in [0.2, 0.25) is 5.91 Å². The van der Waals surface area contributed by atoms with Gasteiger partial charge in [0.25, 0.3) is 5.91 Å². The lowest BCUT2D eigenvalue weighted by Crippen LogP contribution is -2.29. The van der Waals surface area contributed by atoms with Gasteiger partial charge in [0.1, 0.15) is 4.32 Å². The van der Waals surface area contributed by atoms with Crippen molar-refractivity contribution in [1.29, 1.82) is 0 Å². The number of thiocarbonyl (C=S) groups is 1. The largest absolute Gasteiger partial charge is 0.493 e. The van der Waals surface area contributed by atoms with Gasteiger partial charge in [0.15, 0.2) is 11.5 Å². The number of thioether (sulfide) groups is 1. The third kappa shape index (κ3) is 6.96. The molecule has 0 atom stereocenters. The minimum Gasteiger partial charge on any atom is -0.493 e. The van der Waals surface area contributed by atoms with Crippen LogP contribution in [0.15, 0.2) is 47.4 Å². The van der Waals surface area contributed by atoms with Crippen LogP contribution in [-0.4, -0.2) is 41.8 Å². The molecule has 3 rings (SSSR count). The predicted molar refractivity (Wildman–Crippen MR) is 138 cm³/mol. The first kappa shape index (κ1) is 25.1. The van der Waals surface area contributed by atoms with Gasteiger partial charge in [-0.05, 0) is 60.9 Å². The first-order valence-corrected chi connectivity index (χ1v) is 12.0. The number of carbonyl (C=O) groups is 2. The maximum absolute atomic E-state index is 12.8. The number of nitrogens with one attached hydrogen (secondary N) is 1. The number of benzene rings is 2. The highest BCUT2D eigenvalue weighted by Crippen LogP contribution is 2.34. The Bertz CT molecular complexity index is 1060. The van der Waals surface area contributed by atoms with Gasteiger partial charge >= 0.3 is 0 Å². The summed E-state index contributed by atoms with van der Waals surface area (Å²) < 4.78 is 11.1. The first-order valence-electron chi connectivity index (χ1n) is 10.4. The van der Waals surface area contributed by atoms with Crippen LogP contribution in [0.5, 0.6) is 11.5 Å². The van der Waals surface area contributed by atoms with Gasteiger partial charge < -0.3 is 14.8 Å². The molecule has 0 unspecified atom stereocenters. The number of methoxy groups -OCH3 is 2. The zero-order valence-corrected chi connectivity index (χ0v) is 20.8. The molecule has 2 aromatic carbocycles. The molecule has 1 aliphatic heterocycles. The second kappa shape index (κ2) is 12.1. The Balaban J connectivity index is 1.46. The fourth-order valence-electron chi connectivity index (χ4n) is 3.28. The molecular formula is C24H25ClN2O4S2. The molecule has 0 saturated carbocycles. The van der Waals surface area contributed by atoms with Crippen LogP contribution in [0.4, 0.5) is 5.69 Å². The lowest BCUT2D eigenvalue weighted by Gasteiger charge is -2.14. The maximum atomic E-state index is 12.8. The second-order valence-electron chi connectivity index (χ2n) is 7.31. The molecule has 0 spiro atoms. The number of hydrogen-bond acceptors (Lipinski definition) is 6. The molecule has 1 N–H and O–H groups in total. The topological polar surface area (TPSA) is 67.9 Å². The van der Waals surface area contributed by atoms with Crippen molar-refractivity contribution < 1.29 is 19.1 Å². The lowest BCUT2D eigenvalue weighted by atomic mass is 10.1. The van der Waals surface area contributed by atoms with Crippen molar-refractivity contribution in [3.63, 3.8) is 0 Å². The van der Waals surface area contributed by atoms with E-state index in [-0.39, 0.29) is 11.8 Å². The Morgan fingerprint density at radius 2 is 1.82 bits per heavy atom. The molecule has 0 aromatic heterocycles. The van der Waals surface area contributed by atoms with Crippen LogP contribution in [0.1, 0.15) is 31.2 Å². The Labute approximate surface area is 208 Å². The average Bonchev–Trinajstić information content (AvgIpc) is 3.07. The van der Waals surface area contributed by atoms with Crippen LogP contribution in [0, 0.1) is 0 Å². The van der Waals surface area contributed by atoms with E-state index >= 15 is 0 Å². The Kier molecular flexibility index (Phi) is 9.17. The molecule has 0 bridgehead atoms. The van der Waals surface area contributed by atoms with E-state index in [1.54, 1.807) is 49.5 Å². The van der Waals surface area contributed by atoms with E-state index in [1.165, 1.54) is 11.8 Å². The Hall–Kier alpha value is -2.55. The predicted octanol–water partition coefficient (Wildman–Crippen LogP) is 5.76. The summed E-state index contributed by atoms with van der Waals surface area (Å²) in [6.45, 7) is 0.534. The fraction of sp³-hybridized carbons (Fsp3) is 0.292. The molecule has 0 aliphatic carbocycles. The second-order valence-corrected chi connectivity index (χ2v) is 9.43. The SMILES string of the molecule is COc1ccc(C=C2SC(=S)N(CCCCCC(=O)Nc3ccc(Cl)cc3)C2=O)cc1OC. The molecule has 174 valence electrons. The van der Waals surface area contributed by atoms with E-state index in [9.17, 15) is 9.59 Å². The first-order chi connectivity index (χ1) is 15.9. The van der Waals surface area contributed by atoms with Crippen LogP contribution in [0.3, 0.4) is 0 Å². The molecule has 0 radical (unpaired) electrons. The summed E-state index contributed by atoms with van der Waals surface area (Å²) in [4.78, 5) is 27.1. The van der Waals surface area contributed by atoms with Crippen LogP contribution in [0.25, 0.3) is 6.08 Å². The quantitative estimate of drug-likeness (QED) is 0.252. The summed E-state index contributed by atoms with van der Waals surface area (Å²) in [5.41, 5.74) is 1.56. The number of ether oxygens (including phenoxy) is 2. The average molecular weight is 505 g/mol. The highest BCUT2D eigenvalue weighted by atomic mass is 35.5. The summed E-state index contributed by atoms with van der Waals surface area (Å²) in [6.07, 6.45) is 4.54. The van der Waals surface area contributed by atoms with Crippen molar-refractivity contribution in [3.05, 3.63) is 58.0 Å². The van der Waals surface area contributed by atoms with Crippen molar-refractivity contribution in [2.45, 2.75) is 25.7 Å². The highest BCUT2D eigenvalue weighted by Gasteiger charge is 2.31. The Morgan fingerprint density at radius 1 is 1.09 bits per heavy atom. The van der Waals surface area contributed by atoms with Gasteiger partial charge in [0.05, 0.1) is 19.1 Å². The van der Waals surface area contributed by atoms with Crippen molar-refractivity contribution in [3.8, 4) is 11.5 Å². The molecule has 9 heteroatoms.